The molecule has 2 aromatic heterocycles. The van der Waals surface area contributed by atoms with Gasteiger partial charge in [-0.3, -0.25) is 0 Å². The minimum absolute atomic E-state index is 0.128. The van der Waals surface area contributed by atoms with E-state index < -0.39 is 0 Å². The van der Waals surface area contributed by atoms with Crippen molar-refractivity contribution in [2.75, 3.05) is 4.90 Å². The first-order chi connectivity index (χ1) is 30.7. The van der Waals surface area contributed by atoms with Crippen LogP contribution in [0.4, 0.5) is 17.1 Å². The van der Waals surface area contributed by atoms with Crippen molar-refractivity contribution in [2.45, 2.75) is 38.5 Å². The lowest BCUT2D eigenvalue weighted by Crippen LogP contribution is -2.18. The summed E-state index contributed by atoms with van der Waals surface area (Å²) in [6, 6.07) is 68.8. The molecule has 0 spiro atoms. The van der Waals surface area contributed by atoms with E-state index >= 15 is 0 Å². The van der Waals surface area contributed by atoms with Gasteiger partial charge in [0.15, 0.2) is 0 Å². The topological polar surface area (TPSA) is 29.5 Å². The summed E-state index contributed by atoms with van der Waals surface area (Å²) in [4.78, 5) is 2.44. The van der Waals surface area contributed by atoms with Gasteiger partial charge in [0.25, 0.3) is 0 Å². The first-order valence-corrected chi connectivity index (χ1v) is 22.0. The van der Waals surface area contributed by atoms with Crippen LogP contribution in [0.5, 0.6) is 0 Å². The Balaban J connectivity index is 0.927. The van der Waals surface area contributed by atoms with Gasteiger partial charge >= 0.3 is 0 Å². The third kappa shape index (κ3) is 5.20. The van der Waals surface area contributed by atoms with Gasteiger partial charge in [-0.25, -0.2) is 0 Å². The molecule has 0 saturated carbocycles. The summed E-state index contributed by atoms with van der Waals surface area (Å²) >= 11 is 0. The molecule has 0 amide bonds. The summed E-state index contributed by atoms with van der Waals surface area (Å²) in [5.74, 6) is 0. The molecule has 63 heavy (non-hydrogen) atoms. The van der Waals surface area contributed by atoms with Crippen molar-refractivity contribution in [2.24, 2.45) is 0 Å². The molecule has 300 valence electrons. The average Bonchev–Trinajstić information content (AvgIpc) is 4.02. The van der Waals surface area contributed by atoms with Crippen LogP contribution < -0.4 is 4.90 Å². The van der Waals surface area contributed by atoms with E-state index in [2.05, 4.69) is 202 Å². The molecule has 9 aromatic carbocycles. The summed E-state index contributed by atoms with van der Waals surface area (Å²) in [6.45, 7) is 9.48. The Kier molecular flexibility index (Phi) is 7.42. The smallest absolute Gasteiger partial charge is 0.143 e. The lowest BCUT2D eigenvalue weighted by atomic mass is 9.81. The Bertz CT molecular complexity index is 3690. The molecule has 0 radical (unpaired) electrons. The predicted molar refractivity (Wildman–Crippen MR) is 262 cm³/mol. The molecule has 0 atom stereocenters. The molecule has 2 aliphatic carbocycles. The van der Waals surface area contributed by atoms with E-state index in [9.17, 15) is 0 Å². The summed E-state index contributed by atoms with van der Waals surface area (Å²) in [6.07, 6.45) is 0. The molecule has 13 rings (SSSR count). The van der Waals surface area contributed by atoms with Crippen LogP contribution >= 0.6 is 0 Å². The Hall–Kier alpha value is -7.62. The lowest BCUT2D eigenvalue weighted by molar-refractivity contribution is 0.660. The van der Waals surface area contributed by atoms with Gasteiger partial charge in [0.05, 0.1) is 0 Å². The molecule has 0 unspecified atom stereocenters. The highest BCUT2D eigenvalue weighted by Gasteiger charge is 2.38. The fraction of sp³-hybridized carbons (Fsp3) is 0.100. The Morgan fingerprint density at radius 2 is 0.794 bits per heavy atom. The molecule has 0 saturated heterocycles. The highest BCUT2D eigenvalue weighted by Crippen LogP contribution is 2.54. The van der Waals surface area contributed by atoms with Crippen LogP contribution in [0.1, 0.15) is 49.9 Å². The standard InChI is InChI=1S/C60H43NO2/c1-59(2)51-17-8-5-12-43(51)45-29-26-40(34-53(45)59)61(39-24-20-36(21-25-39)42-15-11-16-49-47-13-6-10-19-56(47)63-58(42)49)41-27-30-46-44-28-22-38(33-52(44)60(3,4)54(46)35-41)37-23-31-57-50(32-37)48-14-7-9-18-55(48)62-57/h5-35H,1-4H3. The summed E-state index contributed by atoms with van der Waals surface area (Å²) in [7, 11) is 0. The second-order valence-corrected chi connectivity index (χ2v) is 18.5. The Labute approximate surface area is 366 Å². The quantitative estimate of drug-likeness (QED) is 0.173. The minimum Gasteiger partial charge on any atom is -0.456 e. The number of anilines is 3. The van der Waals surface area contributed by atoms with Gasteiger partial charge in [-0.1, -0.05) is 149 Å². The van der Waals surface area contributed by atoms with Crippen molar-refractivity contribution in [1.82, 2.24) is 0 Å². The zero-order valence-corrected chi connectivity index (χ0v) is 35.7. The number of rotatable bonds is 5. The molecule has 11 aromatic rings. The van der Waals surface area contributed by atoms with Crippen molar-refractivity contribution < 1.29 is 8.83 Å². The van der Waals surface area contributed by atoms with Crippen LogP contribution in [0.25, 0.3) is 88.4 Å². The molecule has 3 heteroatoms. The molecular formula is C60H43NO2. The number of furan rings is 2. The fourth-order valence-electron chi connectivity index (χ4n) is 11.0. The van der Waals surface area contributed by atoms with E-state index in [0.717, 1.165) is 72.1 Å². The normalized spacial score (nSPS) is 14.3. The summed E-state index contributed by atoms with van der Waals surface area (Å²) in [5, 5.41) is 4.57. The third-order valence-electron chi connectivity index (χ3n) is 14.3. The van der Waals surface area contributed by atoms with Gasteiger partial charge in [-0.15, -0.1) is 0 Å². The van der Waals surface area contributed by atoms with Crippen LogP contribution in [-0.2, 0) is 10.8 Å². The third-order valence-corrected chi connectivity index (χ3v) is 14.3. The van der Waals surface area contributed by atoms with E-state index in [1.165, 1.54) is 55.6 Å². The van der Waals surface area contributed by atoms with E-state index in [1.54, 1.807) is 0 Å². The SMILES string of the molecule is CC1(C)c2ccccc2-c2ccc(N(c3ccc(-c4cccc5c4oc4ccccc45)cc3)c3ccc4c(c3)C(C)(C)c3cc(-c5ccc6oc7ccccc7c6c5)ccc3-4)cc21. The van der Waals surface area contributed by atoms with Gasteiger partial charge in [0.2, 0.25) is 0 Å². The van der Waals surface area contributed by atoms with Gasteiger partial charge in [0.1, 0.15) is 22.3 Å². The average molecular weight is 810 g/mol. The molecule has 0 aliphatic heterocycles. The van der Waals surface area contributed by atoms with Crippen molar-refractivity contribution in [3.8, 4) is 44.5 Å². The second kappa shape index (κ2) is 13.0. The van der Waals surface area contributed by atoms with E-state index in [4.69, 9.17) is 8.83 Å². The number of nitrogens with zero attached hydrogens (tertiary/aromatic N) is 1. The predicted octanol–water partition coefficient (Wildman–Crippen LogP) is 16.9. The highest BCUT2D eigenvalue weighted by molar-refractivity contribution is 6.10. The Morgan fingerprint density at radius 1 is 0.317 bits per heavy atom. The minimum atomic E-state index is -0.231. The maximum atomic E-state index is 6.48. The highest BCUT2D eigenvalue weighted by atomic mass is 16.3. The molecule has 3 nitrogen and oxygen atoms in total. The summed E-state index contributed by atoms with van der Waals surface area (Å²) in [5.41, 5.74) is 21.9. The number of hydrogen-bond acceptors (Lipinski definition) is 3. The van der Waals surface area contributed by atoms with Crippen LogP contribution in [0.3, 0.4) is 0 Å². The lowest BCUT2D eigenvalue weighted by Gasteiger charge is -2.30. The number of fused-ring (bicyclic) bond motifs is 12. The van der Waals surface area contributed by atoms with E-state index in [0.29, 0.717) is 0 Å². The maximum absolute atomic E-state index is 6.48. The van der Waals surface area contributed by atoms with Crippen LogP contribution in [0, 0.1) is 0 Å². The van der Waals surface area contributed by atoms with Crippen LogP contribution in [0.2, 0.25) is 0 Å². The molecular weight excluding hydrogens is 767 g/mol. The zero-order chi connectivity index (χ0) is 42.2. The van der Waals surface area contributed by atoms with Crippen molar-refractivity contribution in [1.29, 1.82) is 0 Å². The van der Waals surface area contributed by atoms with Gasteiger partial charge in [0, 0.05) is 55.0 Å². The van der Waals surface area contributed by atoms with Gasteiger partial charge < -0.3 is 13.7 Å². The van der Waals surface area contributed by atoms with E-state index in [1.807, 2.05) is 18.2 Å². The summed E-state index contributed by atoms with van der Waals surface area (Å²) < 4.78 is 12.7. The molecule has 0 bridgehead atoms. The van der Waals surface area contributed by atoms with Crippen molar-refractivity contribution >= 4 is 60.9 Å². The number of benzene rings is 9. The van der Waals surface area contributed by atoms with Crippen molar-refractivity contribution in [3.05, 3.63) is 210 Å². The van der Waals surface area contributed by atoms with Gasteiger partial charge in [-0.2, -0.15) is 0 Å². The molecule has 2 heterocycles. The fourth-order valence-corrected chi connectivity index (χ4v) is 11.0. The number of hydrogen-bond donors (Lipinski definition) is 0. The maximum Gasteiger partial charge on any atom is 0.143 e. The second-order valence-electron chi connectivity index (χ2n) is 18.5. The van der Waals surface area contributed by atoms with Crippen LogP contribution in [-0.4, -0.2) is 0 Å². The zero-order valence-electron chi connectivity index (χ0n) is 35.7. The van der Waals surface area contributed by atoms with Crippen LogP contribution in [0.15, 0.2) is 197 Å². The van der Waals surface area contributed by atoms with Crippen molar-refractivity contribution in [3.63, 3.8) is 0 Å². The van der Waals surface area contributed by atoms with Gasteiger partial charge in [-0.05, 0) is 128 Å². The first kappa shape index (κ1) is 36.1. The first-order valence-electron chi connectivity index (χ1n) is 22.0. The monoisotopic (exact) mass is 809 g/mol. The largest absolute Gasteiger partial charge is 0.456 e. The number of para-hydroxylation sites is 3. The molecule has 0 fully saturated rings. The molecule has 0 N–H and O–H groups in total. The Morgan fingerprint density at radius 3 is 1.52 bits per heavy atom. The molecule has 2 aliphatic rings. The van der Waals surface area contributed by atoms with E-state index in [-0.39, 0.29) is 10.8 Å².